The summed E-state index contributed by atoms with van der Waals surface area (Å²) in [6, 6.07) is 6.79. The summed E-state index contributed by atoms with van der Waals surface area (Å²) in [4.78, 5) is 21.5. The number of carbonyl (C=O) groups is 2. The fourth-order valence-electron chi connectivity index (χ4n) is 1.24. The number of carbonyl (C=O) groups excluding carboxylic acids is 1. The Labute approximate surface area is 115 Å². The molecule has 6 nitrogen and oxygen atoms in total. The molecular formula is C12H15ClN2O4. The summed E-state index contributed by atoms with van der Waals surface area (Å²) in [6.45, 7) is 0.424. The maximum Gasteiger partial charge on any atom is 0.329 e. The molecule has 0 bridgehead atoms. The van der Waals surface area contributed by atoms with Gasteiger partial charge in [0.25, 0.3) is 0 Å². The molecular weight excluding hydrogens is 272 g/mol. The Balaban J connectivity index is 2.11. The van der Waals surface area contributed by atoms with Gasteiger partial charge in [0, 0.05) is 18.1 Å². The van der Waals surface area contributed by atoms with Gasteiger partial charge in [0.05, 0.1) is 6.61 Å². The van der Waals surface area contributed by atoms with Crippen molar-refractivity contribution < 1.29 is 19.4 Å². The van der Waals surface area contributed by atoms with Gasteiger partial charge in [-0.1, -0.05) is 23.7 Å². The summed E-state index contributed by atoms with van der Waals surface area (Å²) >= 11 is 5.74. The molecule has 0 spiro atoms. The van der Waals surface area contributed by atoms with Gasteiger partial charge in [0.1, 0.15) is 6.61 Å². The molecule has 0 unspecified atom stereocenters. The summed E-state index contributed by atoms with van der Waals surface area (Å²) in [7, 11) is 0. The number of carboxylic acid groups (broad SMARTS) is 1. The molecule has 0 fully saturated rings. The van der Waals surface area contributed by atoms with Crippen LogP contribution in [0.2, 0.25) is 5.02 Å². The molecule has 0 aliphatic rings. The van der Waals surface area contributed by atoms with Crippen molar-refractivity contribution in [1.29, 1.82) is 0 Å². The molecule has 0 saturated carbocycles. The van der Waals surface area contributed by atoms with Crippen LogP contribution < -0.4 is 10.6 Å². The largest absolute Gasteiger partial charge is 0.480 e. The van der Waals surface area contributed by atoms with E-state index in [-0.39, 0.29) is 25.8 Å². The second-order valence-corrected chi connectivity index (χ2v) is 4.12. The van der Waals surface area contributed by atoms with Crippen LogP contribution in [0.5, 0.6) is 0 Å². The molecule has 0 atom stereocenters. The first kappa shape index (κ1) is 15.3. The van der Waals surface area contributed by atoms with Crippen molar-refractivity contribution in [3.63, 3.8) is 0 Å². The van der Waals surface area contributed by atoms with Crippen molar-refractivity contribution in [2.24, 2.45) is 0 Å². The van der Waals surface area contributed by atoms with Gasteiger partial charge in [-0.2, -0.15) is 0 Å². The minimum Gasteiger partial charge on any atom is -0.480 e. The molecule has 0 saturated heterocycles. The average molecular weight is 287 g/mol. The summed E-state index contributed by atoms with van der Waals surface area (Å²) in [5.41, 5.74) is 0.932. The van der Waals surface area contributed by atoms with Crippen molar-refractivity contribution in [3.8, 4) is 0 Å². The summed E-state index contributed by atoms with van der Waals surface area (Å²) in [5, 5.41) is 14.2. The number of benzene rings is 1. The number of hydrogen-bond acceptors (Lipinski definition) is 3. The third-order valence-corrected chi connectivity index (χ3v) is 2.38. The zero-order valence-electron chi connectivity index (χ0n) is 10.2. The van der Waals surface area contributed by atoms with E-state index < -0.39 is 5.97 Å². The summed E-state index contributed by atoms with van der Waals surface area (Å²) in [5.74, 6) is -1.04. The van der Waals surface area contributed by atoms with E-state index in [2.05, 4.69) is 10.6 Å². The van der Waals surface area contributed by atoms with E-state index in [0.29, 0.717) is 11.6 Å². The quantitative estimate of drug-likeness (QED) is 0.658. The van der Waals surface area contributed by atoms with Crippen LogP contribution in [0.4, 0.5) is 4.79 Å². The number of carboxylic acids is 1. The average Bonchev–Trinajstić information content (AvgIpc) is 2.37. The van der Waals surface area contributed by atoms with E-state index in [1.54, 1.807) is 12.1 Å². The molecule has 0 aliphatic carbocycles. The van der Waals surface area contributed by atoms with Crippen molar-refractivity contribution in [2.45, 2.75) is 6.54 Å². The number of aliphatic carboxylic acids is 1. The fourth-order valence-corrected chi connectivity index (χ4v) is 1.37. The Morgan fingerprint density at radius 3 is 2.53 bits per heavy atom. The zero-order chi connectivity index (χ0) is 14.1. The van der Waals surface area contributed by atoms with E-state index in [1.807, 2.05) is 12.1 Å². The number of rotatable bonds is 7. The molecule has 0 aromatic heterocycles. The predicted molar refractivity (Wildman–Crippen MR) is 70.1 cm³/mol. The van der Waals surface area contributed by atoms with Gasteiger partial charge in [-0.25, -0.2) is 9.59 Å². The van der Waals surface area contributed by atoms with Crippen LogP contribution in [0.25, 0.3) is 0 Å². The highest BCUT2D eigenvalue weighted by Crippen LogP contribution is 2.08. The molecule has 1 rings (SSSR count). The maximum atomic E-state index is 11.4. The third-order valence-electron chi connectivity index (χ3n) is 2.12. The van der Waals surface area contributed by atoms with E-state index in [4.69, 9.17) is 21.4 Å². The van der Waals surface area contributed by atoms with Gasteiger partial charge < -0.3 is 20.5 Å². The van der Waals surface area contributed by atoms with E-state index >= 15 is 0 Å². The Morgan fingerprint density at radius 1 is 1.21 bits per heavy atom. The number of urea groups is 1. The van der Waals surface area contributed by atoms with Crippen LogP contribution in [-0.2, 0) is 16.1 Å². The monoisotopic (exact) mass is 286 g/mol. The highest BCUT2D eigenvalue weighted by Gasteiger charge is 2.01. The van der Waals surface area contributed by atoms with Gasteiger partial charge in [-0.05, 0) is 17.7 Å². The van der Waals surface area contributed by atoms with Crippen LogP contribution in [0.1, 0.15) is 5.56 Å². The van der Waals surface area contributed by atoms with Crippen molar-refractivity contribution >= 4 is 23.6 Å². The lowest BCUT2D eigenvalue weighted by atomic mass is 10.2. The standard InChI is InChI=1S/C12H15ClN2O4/c13-10-3-1-9(2-4-10)7-15-12(18)14-5-6-19-8-11(16)17/h1-4H,5-8H2,(H,16,17)(H2,14,15,18). The van der Waals surface area contributed by atoms with Gasteiger partial charge in [0.15, 0.2) is 0 Å². The van der Waals surface area contributed by atoms with Crippen molar-refractivity contribution in [2.75, 3.05) is 19.8 Å². The van der Waals surface area contributed by atoms with E-state index in [0.717, 1.165) is 5.56 Å². The van der Waals surface area contributed by atoms with Crippen LogP contribution >= 0.6 is 11.6 Å². The van der Waals surface area contributed by atoms with E-state index in [9.17, 15) is 9.59 Å². The Kier molecular flexibility index (Phi) is 6.70. The van der Waals surface area contributed by atoms with Crippen LogP contribution in [0, 0.1) is 0 Å². The number of ether oxygens (including phenoxy) is 1. The third kappa shape index (κ3) is 7.28. The topological polar surface area (TPSA) is 87.7 Å². The molecule has 2 amide bonds. The minimum atomic E-state index is -1.04. The fraction of sp³-hybridized carbons (Fsp3) is 0.333. The molecule has 1 aromatic carbocycles. The number of nitrogens with one attached hydrogen (secondary N) is 2. The van der Waals surface area contributed by atoms with Crippen LogP contribution in [0.15, 0.2) is 24.3 Å². The van der Waals surface area contributed by atoms with Crippen molar-refractivity contribution in [1.82, 2.24) is 10.6 Å². The molecule has 7 heteroatoms. The number of halogens is 1. The molecule has 3 N–H and O–H groups in total. The first-order valence-electron chi connectivity index (χ1n) is 5.63. The molecule has 1 aromatic rings. The lowest BCUT2D eigenvalue weighted by Gasteiger charge is -2.07. The Hall–Kier alpha value is -1.79. The summed E-state index contributed by atoms with van der Waals surface area (Å²) < 4.78 is 4.76. The molecule has 0 radical (unpaired) electrons. The lowest BCUT2D eigenvalue weighted by molar-refractivity contribution is -0.142. The number of amides is 2. The normalized spacial score (nSPS) is 9.95. The van der Waals surface area contributed by atoms with Gasteiger partial charge in [-0.3, -0.25) is 0 Å². The molecule has 0 heterocycles. The lowest BCUT2D eigenvalue weighted by Crippen LogP contribution is -2.37. The van der Waals surface area contributed by atoms with Gasteiger partial charge >= 0.3 is 12.0 Å². The van der Waals surface area contributed by atoms with Crippen molar-refractivity contribution in [3.05, 3.63) is 34.9 Å². The molecule has 104 valence electrons. The highest BCUT2D eigenvalue weighted by molar-refractivity contribution is 6.30. The first-order valence-corrected chi connectivity index (χ1v) is 6.01. The second-order valence-electron chi connectivity index (χ2n) is 3.68. The van der Waals surface area contributed by atoms with Gasteiger partial charge in [0.2, 0.25) is 0 Å². The number of hydrogen-bond donors (Lipinski definition) is 3. The van der Waals surface area contributed by atoms with Crippen LogP contribution in [-0.4, -0.2) is 36.9 Å². The van der Waals surface area contributed by atoms with Gasteiger partial charge in [-0.15, -0.1) is 0 Å². The predicted octanol–water partition coefficient (Wildman–Crippen LogP) is 1.24. The van der Waals surface area contributed by atoms with Crippen LogP contribution in [0.3, 0.4) is 0 Å². The minimum absolute atomic E-state index is 0.153. The van der Waals surface area contributed by atoms with E-state index in [1.165, 1.54) is 0 Å². The smallest absolute Gasteiger partial charge is 0.329 e. The maximum absolute atomic E-state index is 11.4. The zero-order valence-corrected chi connectivity index (χ0v) is 10.9. The highest BCUT2D eigenvalue weighted by atomic mass is 35.5. The Bertz CT molecular complexity index is 422. The summed E-state index contributed by atoms with van der Waals surface area (Å²) in [6.07, 6.45) is 0. The molecule has 19 heavy (non-hydrogen) atoms. The molecule has 0 aliphatic heterocycles. The second kappa shape index (κ2) is 8.34. The SMILES string of the molecule is O=C(O)COCCNC(=O)NCc1ccc(Cl)cc1. The first-order chi connectivity index (χ1) is 9.08. The Morgan fingerprint density at radius 2 is 1.89 bits per heavy atom.